The summed E-state index contributed by atoms with van der Waals surface area (Å²) in [7, 11) is -7.55. The molecule has 0 saturated carbocycles. The average Bonchev–Trinajstić information content (AvgIpc) is 2.77. The first-order valence-corrected chi connectivity index (χ1v) is 13.1. The summed E-state index contributed by atoms with van der Waals surface area (Å²) in [6, 6.07) is 24.2. The minimum atomic E-state index is -4.01. The van der Waals surface area contributed by atoms with Crippen LogP contribution in [0.2, 0.25) is 0 Å². The molecule has 0 heterocycles. The van der Waals surface area contributed by atoms with Crippen molar-refractivity contribution in [3.8, 4) is 0 Å². The molecule has 31 heavy (non-hydrogen) atoms. The molecule has 164 valence electrons. The van der Waals surface area contributed by atoms with Gasteiger partial charge in [0.2, 0.25) is 0 Å². The van der Waals surface area contributed by atoms with E-state index in [4.69, 9.17) is 4.18 Å². The van der Waals surface area contributed by atoms with Gasteiger partial charge < -0.3 is 0 Å². The summed E-state index contributed by atoms with van der Waals surface area (Å²) < 4.78 is 56.5. The Morgan fingerprint density at radius 1 is 0.710 bits per heavy atom. The third kappa shape index (κ3) is 6.75. The molecule has 0 aliphatic heterocycles. The van der Waals surface area contributed by atoms with Crippen LogP contribution in [0.5, 0.6) is 0 Å². The van der Waals surface area contributed by atoms with E-state index in [-0.39, 0.29) is 22.0 Å². The van der Waals surface area contributed by atoms with Crippen LogP contribution in [0.1, 0.15) is 24.0 Å². The zero-order valence-corrected chi connectivity index (χ0v) is 19.0. The van der Waals surface area contributed by atoms with Gasteiger partial charge in [0.1, 0.15) is 0 Å². The fourth-order valence-electron chi connectivity index (χ4n) is 3.18. The molecule has 7 heteroatoms. The summed E-state index contributed by atoms with van der Waals surface area (Å²) in [6.07, 6.45) is 0.291. The zero-order valence-electron chi connectivity index (χ0n) is 17.3. The minimum Gasteiger partial charge on any atom is -0.263 e. The van der Waals surface area contributed by atoms with Crippen LogP contribution in [0.15, 0.2) is 94.7 Å². The Labute approximate surface area is 184 Å². The van der Waals surface area contributed by atoms with Gasteiger partial charge in [-0.1, -0.05) is 66.2 Å². The summed E-state index contributed by atoms with van der Waals surface area (Å²) in [6.45, 7) is 1.87. The van der Waals surface area contributed by atoms with E-state index in [2.05, 4.69) is 0 Å². The van der Waals surface area contributed by atoms with Crippen LogP contribution in [0.4, 0.5) is 0 Å². The van der Waals surface area contributed by atoms with Crippen molar-refractivity contribution in [1.29, 1.82) is 0 Å². The summed E-state index contributed by atoms with van der Waals surface area (Å²) >= 11 is 0. The van der Waals surface area contributed by atoms with Gasteiger partial charge in [-0.25, -0.2) is 8.42 Å². The molecule has 0 saturated heterocycles. The van der Waals surface area contributed by atoms with E-state index in [0.717, 1.165) is 11.1 Å². The molecule has 0 aliphatic rings. The minimum absolute atomic E-state index is 0.0636. The van der Waals surface area contributed by atoms with Crippen molar-refractivity contribution in [2.75, 3.05) is 5.75 Å². The Kier molecular flexibility index (Phi) is 7.64. The van der Waals surface area contributed by atoms with Gasteiger partial charge >= 0.3 is 0 Å². The highest BCUT2D eigenvalue weighted by Crippen LogP contribution is 2.21. The molecule has 0 aromatic heterocycles. The van der Waals surface area contributed by atoms with Crippen LogP contribution in [-0.4, -0.2) is 28.7 Å². The fraction of sp³-hybridized carbons (Fsp3) is 0.250. The van der Waals surface area contributed by atoms with Crippen molar-refractivity contribution in [1.82, 2.24) is 0 Å². The Morgan fingerprint density at radius 2 is 1.29 bits per heavy atom. The molecule has 0 aliphatic carbocycles. The van der Waals surface area contributed by atoms with Gasteiger partial charge in [-0.05, 0) is 56.0 Å². The summed E-state index contributed by atoms with van der Waals surface area (Å²) in [5.41, 5.74) is 1.98. The lowest BCUT2D eigenvalue weighted by atomic mass is 10.1. The first-order chi connectivity index (χ1) is 14.8. The zero-order chi connectivity index (χ0) is 22.3. The maximum atomic E-state index is 12.8. The molecule has 5 nitrogen and oxygen atoms in total. The van der Waals surface area contributed by atoms with Crippen molar-refractivity contribution in [2.45, 2.75) is 42.1 Å². The molecule has 0 unspecified atom stereocenters. The maximum absolute atomic E-state index is 12.8. The molecule has 3 aromatic carbocycles. The van der Waals surface area contributed by atoms with E-state index in [1.807, 2.05) is 37.3 Å². The predicted molar refractivity (Wildman–Crippen MR) is 121 cm³/mol. The number of benzene rings is 3. The maximum Gasteiger partial charge on any atom is 0.297 e. The average molecular weight is 459 g/mol. The molecular formula is C24H26O5S2. The summed E-state index contributed by atoms with van der Waals surface area (Å²) in [5, 5.41) is 0. The summed E-state index contributed by atoms with van der Waals surface area (Å²) in [5.74, 6) is -0.195. The highest BCUT2D eigenvalue weighted by Gasteiger charge is 2.24. The molecule has 3 rings (SSSR count). The number of rotatable bonds is 10. The highest BCUT2D eigenvalue weighted by atomic mass is 32.2. The van der Waals surface area contributed by atoms with Crippen molar-refractivity contribution < 1.29 is 21.0 Å². The van der Waals surface area contributed by atoms with Gasteiger partial charge in [0.25, 0.3) is 10.1 Å². The van der Waals surface area contributed by atoms with Gasteiger partial charge in [0.05, 0.1) is 21.6 Å². The first kappa shape index (κ1) is 23.2. The third-order valence-corrected chi connectivity index (χ3v) is 8.12. The third-order valence-electron chi connectivity index (χ3n) is 4.98. The number of hydrogen-bond donors (Lipinski definition) is 0. The van der Waals surface area contributed by atoms with Gasteiger partial charge in [-0.2, -0.15) is 8.42 Å². The van der Waals surface area contributed by atoms with E-state index in [1.165, 1.54) is 24.3 Å². The Morgan fingerprint density at radius 3 is 1.90 bits per heavy atom. The molecule has 0 radical (unpaired) electrons. The van der Waals surface area contributed by atoms with E-state index in [0.29, 0.717) is 12.8 Å². The SMILES string of the molecule is Cc1ccc(S(=O)(=O)O[C@H](CCc2ccccc2)CCS(=O)(=O)c2ccccc2)cc1. The quantitative estimate of drug-likeness (QED) is 0.416. The first-order valence-electron chi connectivity index (χ1n) is 10.1. The van der Waals surface area contributed by atoms with Crippen molar-refractivity contribution in [3.63, 3.8) is 0 Å². The number of sulfone groups is 1. The van der Waals surface area contributed by atoms with Crippen LogP contribution in [0.3, 0.4) is 0 Å². The lowest BCUT2D eigenvalue weighted by Crippen LogP contribution is -2.23. The monoisotopic (exact) mass is 458 g/mol. The van der Waals surface area contributed by atoms with Crippen molar-refractivity contribution in [2.24, 2.45) is 0 Å². The van der Waals surface area contributed by atoms with E-state index in [1.54, 1.807) is 30.3 Å². The van der Waals surface area contributed by atoms with Gasteiger partial charge in [0.15, 0.2) is 9.84 Å². The molecule has 3 aromatic rings. The number of aryl methyl sites for hydroxylation is 2. The predicted octanol–water partition coefficient (Wildman–Crippen LogP) is 4.57. The fourth-order valence-corrected chi connectivity index (χ4v) is 5.70. The van der Waals surface area contributed by atoms with Gasteiger partial charge in [-0.3, -0.25) is 4.18 Å². The van der Waals surface area contributed by atoms with Crippen molar-refractivity contribution >= 4 is 20.0 Å². The number of hydrogen-bond acceptors (Lipinski definition) is 5. The highest BCUT2D eigenvalue weighted by molar-refractivity contribution is 7.91. The van der Waals surface area contributed by atoms with Crippen LogP contribution in [-0.2, 0) is 30.6 Å². The Balaban J connectivity index is 1.76. The van der Waals surface area contributed by atoms with E-state index in [9.17, 15) is 16.8 Å². The molecule has 0 amide bonds. The molecule has 1 atom stereocenters. The second-order valence-corrected chi connectivity index (χ2v) is 11.1. The van der Waals surface area contributed by atoms with Crippen LogP contribution in [0.25, 0.3) is 0 Å². The van der Waals surface area contributed by atoms with Gasteiger partial charge in [0, 0.05) is 0 Å². The van der Waals surface area contributed by atoms with Crippen LogP contribution < -0.4 is 0 Å². The second-order valence-electron chi connectivity index (χ2n) is 7.43. The standard InChI is InChI=1S/C24H26O5S2/c1-20-12-16-24(17-13-20)31(27,28)29-22(15-14-21-8-4-2-5-9-21)18-19-30(25,26)23-10-6-3-7-11-23/h2-13,16-17,22H,14-15,18-19H2,1H3/t22-/m1/s1. The lowest BCUT2D eigenvalue weighted by molar-refractivity contribution is 0.195. The molecular weight excluding hydrogens is 432 g/mol. The molecule has 0 bridgehead atoms. The molecule has 0 fully saturated rings. The van der Waals surface area contributed by atoms with Crippen LogP contribution in [0, 0.1) is 6.92 Å². The van der Waals surface area contributed by atoms with Crippen molar-refractivity contribution in [3.05, 3.63) is 96.1 Å². The summed E-state index contributed by atoms with van der Waals surface area (Å²) in [4.78, 5) is 0.284. The Hall–Kier alpha value is -2.48. The van der Waals surface area contributed by atoms with E-state index >= 15 is 0 Å². The molecule has 0 spiro atoms. The van der Waals surface area contributed by atoms with Gasteiger partial charge in [-0.15, -0.1) is 0 Å². The second kappa shape index (κ2) is 10.2. The lowest BCUT2D eigenvalue weighted by Gasteiger charge is -2.18. The topological polar surface area (TPSA) is 77.5 Å². The largest absolute Gasteiger partial charge is 0.297 e. The smallest absolute Gasteiger partial charge is 0.263 e. The van der Waals surface area contributed by atoms with Crippen LogP contribution >= 0.6 is 0 Å². The van der Waals surface area contributed by atoms with E-state index < -0.39 is 26.1 Å². The Bertz CT molecular complexity index is 1170. The normalized spacial score (nSPS) is 13.1. The molecule has 0 N–H and O–H groups in total.